The fourth-order valence-corrected chi connectivity index (χ4v) is 4.46. The van der Waals surface area contributed by atoms with E-state index in [0.29, 0.717) is 40.9 Å². The van der Waals surface area contributed by atoms with Crippen LogP contribution in [0.4, 0.5) is 0 Å². The smallest absolute Gasteiger partial charge is 0.339 e. The molecule has 0 unspecified atom stereocenters. The predicted octanol–water partition coefficient (Wildman–Crippen LogP) is 5.33. The van der Waals surface area contributed by atoms with Crippen molar-refractivity contribution < 1.29 is 31.6 Å². The Balaban J connectivity index is 1.76. The number of benzene rings is 3. The van der Waals surface area contributed by atoms with Gasteiger partial charge in [0.2, 0.25) is 5.75 Å². The number of ether oxygens (including phenoxy) is 3. The lowest BCUT2D eigenvalue weighted by atomic mass is 10.2. The third kappa shape index (κ3) is 7.28. The summed E-state index contributed by atoms with van der Waals surface area (Å²) < 4.78 is 46.8. The number of nitrogens with zero attached hydrogens (tertiary/aromatic N) is 1. The van der Waals surface area contributed by atoms with Crippen LogP contribution in [0.3, 0.4) is 0 Å². The standard InChI is InChI=1S/C25H24Cl2N2O7S/c1-4-34-21-11-6-17(14-22(21)35-5-2)25(30)29-28-15-16-12-20(27)24(23(13-16)33-3)36-37(31,32)19-9-7-18(26)8-10-19/h6-15H,4-5H2,1-3H3,(H,29,30)/b28-15+. The van der Waals surface area contributed by atoms with Crippen molar-refractivity contribution in [1.29, 1.82) is 0 Å². The number of halogens is 2. The first-order valence-corrected chi connectivity index (χ1v) is 13.2. The van der Waals surface area contributed by atoms with Gasteiger partial charge in [-0.2, -0.15) is 13.5 Å². The molecule has 0 heterocycles. The van der Waals surface area contributed by atoms with E-state index in [-0.39, 0.29) is 21.4 Å². The molecule has 0 aliphatic carbocycles. The minimum absolute atomic E-state index is 0.0439. The molecule has 0 aliphatic heterocycles. The van der Waals surface area contributed by atoms with Crippen LogP contribution in [0.5, 0.6) is 23.0 Å². The first kappa shape index (κ1) is 28.1. The quantitative estimate of drug-likeness (QED) is 0.189. The van der Waals surface area contributed by atoms with Gasteiger partial charge in [-0.1, -0.05) is 23.2 Å². The van der Waals surface area contributed by atoms with E-state index >= 15 is 0 Å². The van der Waals surface area contributed by atoms with Gasteiger partial charge in [0, 0.05) is 10.6 Å². The van der Waals surface area contributed by atoms with Crippen LogP contribution in [0.25, 0.3) is 0 Å². The molecule has 37 heavy (non-hydrogen) atoms. The van der Waals surface area contributed by atoms with Crippen molar-refractivity contribution in [3.05, 3.63) is 75.8 Å². The number of rotatable bonds is 11. The largest absolute Gasteiger partial charge is 0.493 e. The van der Waals surface area contributed by atoms with Gasteiger partial charge >= 0.3 is 10.1 Å². The van der Waals surface area contributed by atoms with Crippen LogP contribution in [-0.4, -0.2) is 40.9 Å². The second-order valence-electron chi connectivity index (χ2n) is 7.25. The fraction of sp³-hybridized carbons (Fsp3) is 0.200. The number of hydrogen-bond donors (Lipinski definition) is 1. The molecule has 0 saturated carbocycles. The number of hydrazone groups is 1. The SMILES string of the molecule is CCOc1ccc(C(=O)N/N=C/c2cc(Cl)c(OS(=O)(=O)c3ccc(Cl)cc3)c(OC)c2)cc1OCC. The molecule has 12 heteroatoms. The molecule has 1 amide bonds. The summed E-state index contributed by atoms with van der Waals surface area (Å²) >= 11 is 12.1. The Morgan fingerprint density at radius 1 is 0.946 bits per heavy atom. The van der Waals surface area contributed by atoms with Crippen molar-refractivity contribution in [2.75, 3.05) is 20.3 Å². The van der Waals surface area contributed by atoms with E-state index in [9.17, 15) is 13.2 Å². The lowest BCUT2D eigenvalue weighted by Crippen LogP contribution is -2.17. The molecule has 0 atom stereocenters. The molecule has 3 rings (SSSR count). The summed E-state index contributed by atoms with van der Waals surface area (Å²) in [6.07, 6.45) is 1.32. The van der Waals surface area contributed by atoms with E-state index < -0.39 is 16.0 Å². The predicted molar refractivity (Wildman–Crippen MR) is 141 cm³/mol. The minimum Gasteiger partial charge on any atom is -0.493 e. The van der Waals surface area contributed by atoms with Crippen LogP contribution in [-0.2, 0) is 10.1 Å². The Labute approximate surface area is 225 Å². The number of nitrogens with one attached hydrogen (secondary N) is 1. The Morgan fingerprint density at radius 3 is 2.27 bits per heavy atom. The highest BCUT2D eigenvalue weighted by atomic mass is 35.5. The number of carbonyl (C=O) groups excluding carboxylic acids is 1. The summed E-state index contributed by atoms with van der Waals surface area (Å²) in [6.45, 7) is 4.55. The maximum absolute atomic E-state index is 12.7. The van der Waals surface area contributed by atoms with E-state index in [1.807, 2.05) is 13.8 Å². The summed E-state index contributed by atoms with van der Waals surface area (Å²) in [4.78, 5) is 12.4. The van der Waals surface area contributed by atoms with Gasteiger partial charge in [0.05, 0.1) is 31.6 Å². The first-order valence-electron chi connectivity index (χ1n) is 11.0. The summed E-state index contributed by atoms with van der Waals surface area (Å²) in [5, 5.41) is 4.28. The van der Waals surface area contributed by atoms with E-state index in [4.69, 9.17) is 41.6 Å². The molecule has 3 aromatic rings. The number of hydrogen-bond acceptors (Lipinski definition) is 8. The van der Waals surface area contributed by atoms with Crippen LogP contribution in [0, 0.1) is 0 Å². The van der Waals surface area contributed by atoms with Crippen molar-refractivity contribution in [2.45, 2.75) is 18.7 Å². The highest BCUT2D eigenvalue weighted by molar-refractivity contribution is 7.87. The molecular formula is C25H24Cl2N2O7S. The summed E-state index contributed by atoms with van der Waals surface area (Å²) in [6, 6.07) is 13.1. The van der Waals surface area contributed by atoms with Crippen LogP contribution in [0.2, 0.25) is 10.0 Å². The van der Waals surface area contributed by atoms with Gasteiger partial charge in [0.15, 0.2) is 17.2 Å². The monoisotopic (exact) mass is 566 g/mol. The van der Waals surface area contributed by atoms with Crippen LogP contribution in [0.15, 0.2) is 64.6 Å². The molecule has 196 valence electrons. The Hall–Kier alpha value is -3.47. The van der Waals surface area contributed by atoms with Crippen molar-refractivity contribution in [1.82, 2.24) is 5.43 Å². The van der Waals surface area contributed by atoms with Crippen molar-refractivity contribution >= 4 is 45.4 Å². The van der Waals surface area contributed by atoms with Crippen LogP contribution >= 0.6 is 23.2 Å². The average molecular weight is 567 g/mol. The molecule has 1 N–H and O–H groups in total. The first-order chi connectivity index (χ1) is 17.7. The molecule has 0 bridgehead atoms. The number of carbonyl (C=O) groups is 1. The van der Waals surface area contributed by atoms with Crippen molar-refractivity contribution in [2.24, 2.45) is 5.10 Å². The summed E-state index contributed by atoms with van der Waals surface area (Å²) in [5.74, 6) is 0.351. The van der Waals surface area contributed by atoms with E-state index in [1.54, 1.807) is 18.2 Å². The van der Waals surface area contributed by atoms with Gasteiger partial charge in [-0.05, 0) is 74.0 Å². The van der Waals surface area contributed by atoms with Crippen LogP contribution in [0.1, 0.15) is 29.8 Å². The van der Waals surface area contributed by atoms with Gasteiger partial charge in [0.1, 0.15) is 4.90 Å². The molecule has 0 fully saturated rings. The Bertz CT molecular complexity index is 1390. The second-order valence-corrected chi connectivity index (χ2v) is 9.64. The van der Waals surface area contributed by atoms with Crippen LogP contribution < -0.4 is 23.8 Å². The number of amides is 1. The third-order valence-corrected chi connectivity index (χ3v) is 6.50. The van der Waals surface area contributed by atoms with Gasteiger partial charge in [-0.25, -0.2) is 5.43 Å². The van der Waals surface area contributed by atoms with Gasteiger partial charge in [-0.15, -0.1) is 0 Å². The topological polar surface area (TPSA) is 113 Å². The molecule has 0 radical (unpaired) electrons. The lowest BCUT2D eigenvalue weighted by molar-refractivity contribution is 0.0954. The van der Waals surface area contributed by atoms with E-state index in [2.05, 4.69) is 10.5 Å². The molecule has 9 nitrogen and oxygen atoms in total. The molecule has 0 aromatic heterocycles. The zero-order valence-corrected chi connectivity index (χ0v) is 22.5. The molecule has 0 aliphatic rings. The summed E-state index contributed by atoms with van der Waals surface area (Å²) in [5.41, 5.74) is 3.15. The second kappa shape index (κ2) is 12.7. The highest BCUT2D eigenvalue weighted by Crippen LogP contribution is 2.38. The normalized spacial score (nSPS) is 11.3. The Kier molecular flexibility index (Phi) is 9.62. The van der Waals surface area contributed by atoms with Crippen molar-refractivity contribution in [3.8, 4) is 23.0 Å². The third-order valence-electron chi connectivity index (χ3n) is 4.73. The maximum atomic E-state index is 12.7. The molecule has 0 saturated heterocycles. The fourth-order valence-electron chi connectivity index (χ4n) is 3.08. The minimum atomic E-state index is -4.20. The van der Waals surface area contributed by atoms with Gasteiger partial charge in [0.25, 0.3) is 5.91 Å². The molecular weight excluding hydrogens is 543 g/mol. The van der Waals surface area contributed by atoms with E-state index in [0.717, 1.165) is 0 Å². The lowest BCUT2D eigenvalue weighted by Gasteiger charge is -2.13. The zero-order valence-electron chi connectivity index (χ0n) is 20.2. The molecule has 3 aromatic carbocycles. The number of methoxy groups -OCH3 is 1. The maximum Gasteiger partial charge on any atom is 0.339 e. The van der Waals surface area contributed by atoms with E-state index in [1.165, 1.54) is 49.7 Å². The zero-order chi connectivity index (χ0) is 27.0. The average Bonchev–Trinajstić information content (AvgIpc) is 2.87. The van der Waals surface area contributed by atoms with Gasteiger partial charge < -0.3 is 18.4 Å². The highest BCUT2D eigenvalue weighted by Gasteiger charge is 2.22. The summed E-state index contributed by atoms with van der Waals surface area (Å²) in [7, 11) is -2.87. The molecule has 0 spiro atoms. The van der Waals surface area contributed by atoms with Gasteiger partial charge in [-0.3, -0.25) is 4.79 Å². The Morgan fingerprint density at radius 2 is 1.62 bits per heavy atom. The van der Waals surface area contributed by atoms with Crippen molar-refractivity contribution in [3.63, 3.8) is 0 Å².